The molecule has 1 aliphatic heterocycles. The number of halogens is 6. The molecule has 3 atom stereocenters. The Morgan fingerprint density at radius 1 is 1.05 bits per heavy atom. The first kappa shape index (κ1) is 30.3. The highest BCUT2D eigenvalue weighted by molar-refractivity contribution is 5.70. The van der Waals surface area contributed by atoms with Crippen molar-refractivity contribution in [3.8, 4) is 0 Å². The van der Waals surface area contributed by atoms with Crippen molar-refractivity contribution in [2.45, 2.75) is 55.7 Å². The first-order valence-corrected chi connectivity index (χ1v) is 12.6. The van der Waals surface area contributed by atoms with Crippen LogP contribution in [0.15, 0.2) is 59.7 Å². The zero-order chi connectivity index (χ0) is 30.1. The minimum Gasteiger partial charge on any atom is -0.469 e. The van der Waals surface area contributed by atoms with Crippen molar-refractivity contribution < 1.29 is 40.6 Å². The molecule has 0 spiro atoms. The Bertz CT molecular complexity index is 1380. The largest absolute Gasteiger partial charge is 0.469 e. The van der Waals surface area contributed by atoms with Crippen LogP contribution in [0.4, 0.5) is 26.3 Å². The predicted octanol–water partition coefficient (Wildman–Crippen LogP) is 4.92. The van der Waals surface area contributed by atoms with E-state index in [9.17, 15) is 35.9 Å². The fourth-order valence-corrected chi connectivity index (χ4v) is 5.11. The number of hydrogen-bond acceptors (Lipinski definition) is 6. The average molecular weight is 587 g/mol. The molecule has 2 heterocycles. The Morgan fingerprint density at radius 2 is 1.68 bits per heavy atom. The molecule has 3 aromatic rings. The quantitative estimate of drug-likeness (QED) is 0.287. The van der Waals surface area contributed by atoms with E-state index in [1.165, 1.54) is 24.9 Å². The summed E-state index contributed by atoms with van der Waals surface area (Å²) in [5.41, 5.74) is -4.91. The molecule has 0 saturated carbocycles. The van der Waals surface area contributed by atoms with Gasteiger partial charge in [0.25, 0.3) is 0 Å². The number of nitrogens with zero attached hydrogens (tertiary/aromatic N) is 2. The monoisotopic (exact) mass is 586 g/mol. The Balaban J connectivity index is 1.64. The molecule has 41 heavy (non-hydrogen) atoms. The number of hydrogen-bond donors (Lipinski definition) is 2. The zero-order valence-corrected chi connectivity index (χ0v) is 22.1. The fourth-order valence-electron chi connectivity index (χ4n) is 5.11. The second-order valence-corrected chi connectivity index (χ2v) is 10.1. The van der Waals surface area contributed by atoms with E-state index < -0.39 is 52.3 Å². The summed E-state index contributed by atoms with van der Waals surface area (Å²) in [7, 11) is 1.23. The van der Waals surface area contributed by atoms with Crippen molar-refractivity contribution in [1.82, 2.24) is 20.1 Å². The maximum absolute atomic E-state index is 13.4. The number of H-pyrrole nitrogens is 1. The molecule has 14 heteroatoms. The van der Waals surface area contributed by atoms with E-state index in [1.807, 2.05) is 12.1 Å². The molecule has 2 N–H and O–H groups in total. The SMILES string of the molecule is COC(=O)C[C@]1(n2cn[nH]c2=O)CC[C@@](CO[C@H](C)c2cc(C(F)(F)F)cc(C(F)(F)F)c2)(c2ccccc2)NC1. The lowest BCUT2D eigenvalue weighted by Crippen LogP contribution is -2.60. The van der Waals surface area contributed by atoms with E-state index in [1.54, 1.807) is 18.2 Å². The van der Waals surface area contributed by atoms with Crippen LogP contribution in [0.3, 0.4) is 0 Å². The number of esters is 1. The smallest absolute Gasteiger partial charge is 0.416 e. The number of piperidine rings is 1. The summed E-state index contributed by atoms with van der Waals surface area (Å²) < 4.78 is 92.6. The topological polar surface area (TPSA) is 98.2 Å². The average Bonchev–Trinajstić information content (AvgIpc) is 3.38. The number of rotatable bonds is 8. The number of carbonyl (C=O) groups excluding carboxylic acids is 1. The third-order valence-corrected chi connectivity index (χ3v) is 7.52. The van der Waals surface area contributed by atoms with Gasteiger partial charge >= 0.3 is 24.0 Å². The normalized spacial score (nSPS) is 22.3. The van der Waals surface area contributed by atoms with Gasteiger partial charge in [-0.25, -0.2) is 9.89 Å². The van der Waals surface area contributed by atoms with E-state index in [4.69, 9.17) is 9.47 Å². The lowest BCUT2D eigenvalue weighted by molar-refractivity contribution is -0.144. The molecule has 0 radical (unpaired) electrons. The molecule has 1 saturated heterocycles. The van der Waals surface area contributed by atoms with Gasteiger partial charge < -0.3 is 14.8 Å². The summed E-state index contributed by atoms with van der Waals surface area (Å²) in [5.74, 6) is -0.554. The molecule has 0 bridgehead atoms. The van der Waals surface area contributed by atoms with Gasteiger partial charge in [-0.3, -0.25) is 9.36 Å². The number of methoxy groups -OCH3 is 1. The van der Waals surface area contributed by atoms with E-state index in [0.717, 1.165) is 5.56 Å². The van der Waals surface area contributed by atoms with Gasteiger partial charge in [0.05, 0.1) is 48.4 Å². The Hall–Kier alpha value is -3.65. The molecule has 1 aliphatic rings. The Kier molecular flexibility index (Phi) is 8.37. The van der Waals surface area contributed by atoms with Crippen molar-refractivity contribution in [2.75, 3.05) is 20.3 Å². The van der Waals surface area contributed by atoms with Crippen LogP contribution in [0.1, 0.15) is 54.5 Å². The van der Waals surface area contributed by atoms with Gasteiger partial charge in [0.2, 0.25) is 0 Å². The number of nitrogens with one attached hydrogen (secondary N) is 2. The van der Waals surface area contributed by atoms with Gasteiger partial charge in [0, 0.05) is 6.54 Å². The van der Waals surface area contributed by atoms with Crippen LogP contribution in [-0.2, 0) is 37.7 Å². The minimum atomic E-state index is -4.99. The second kappa shape index (κ2) is 11.3. The van der Waals surface area contributed by atoms with Crippen LogP contribution in [0, 0.1) is 0 Å². The van der Waals surface area contributed by atoms with Crippen molar-refractivity contribution in [3.63, 3.8) is 0 Å². The standard InChI is InChI=1S/C27H28F6N4O4/c1-17(18-10-20(26(28,29)30)12-21(11-18)27(31,32)33)41-15-25(19-6-4-3-5-7-19)9-8-24(14-34-25,13-22(38)40-2)37-16-35-36-23(37)39/h3-7,10-12,16-17,34H,8-9,13-15H2,1-2H3,(H,36,39)/t17-,24-,25-/m1/s1. The number of carbonyl (C=O) groups is 1. The van der Waals surface area contributed by atoms with Gasteiger partial charge in [-0.2, -0.15) is 31.4 Å². The summed E-state index contributed by atoms with van der Waals surface area (Å²) in [5, 5.41) is 9.46. The first-order chi connectivity index (χ1) is 19.2. The van der Waals surface area contributed by atoms with E-state index in [2.05, 4.69) is 15.5 Å². The van der Waals surface area contributed by atoms with Gasteiger partial charge in [-0.05, 0) is 49.1 Å². The van der Waals surface area contributed by atoms with Crippen LogP contribution in [0.25, 0.3) is 0 Å². The van der Waals surface area contributed by atoms with Crippen LogP contribution in [0.5, 0.6) is 0 Å². The van der Waals surface area contributed by atoms with E-state index in [0.29, 0.717) is 12.1 Å². The Morgan fingerprint density at radius 3 is 2.17 bits per heavy atom. The van der Waals surface area contributed by atoms with Crippen molar-refractivity contribution >= 4 is 5.97 Å². The molecule has 1 fully saturated rings. The van der Waals surface area contributed by atoms with Crippen LogP contribution in [0.2, 0.25) is 0 Å². The molecule has 8 nitrogen and oxygen atoms in total. The van der Waals surface area contributed by atoms with Gasteiger partial charge in [-0.15, -0.1) is 0 Å². The Labute approximate surface area is 230 Å². The van der Waals surface area contributed by atoms with Gasteiger partial charge in [-0.1, -0.05) is 30.3 Å². The number of alkyl halides is 6. The summed E-state index contributed by atoms with van der Waals surface area (Å²) >= 11 is 0. The van der Waals surface area contributed by atoms with Crippen molar-refractivity contribution in [3.05, 3.63) is 87.6 Å². The lowest BCUT2D eigenvalue weighted by Gasteiger charge is -2.47. The molecule has 4 rings (SSSR count). The summed E-state index contributed by atoms with van der Waals surface area (Å²) in [4.78, 5) is 24.8. The van der Waals surface area contributed by atoms with Gasteiger partial charge in [0.15, 0.2) is 0 Å². The molecule has 2 aromatic carbocycles. The highest BCUT2D eigenvalue weighted by atomic mass is 19.4. The summed E-state index contributed by atoms with van der Waals surface area (Å²) in [6.45, 7) is 1.32. The number of aromatic nitrogens is 3. The molecular weight excluding hydrogens is 558 g/mol. The maximum Gasteiger partial charge on any atom is 0.416 e. The predicted molar refractivity (Wildman–Crippen MR) is 134 cm³/mol. The third-order valence-electron chi connectivity index (χ3n) is 7.52. The molecular formula is C27H28F6N4O4. The van der Waals surface area contributed by atoms with Crippen LogP contribution in [-0.4, -0.2) is 41.0 Å². The maximum atomic E-state index is 13.4. The summed E-state index contributed by atoms with van der Waals surface area (Å²) in [6.07, 6.45) is -9.42. The fraction of sp³-hybridized carbons (Fsp3) is 0.444. The van der Waals surface area contributed by atoms with E-state index in [-0.39, 0.29) is 44.0 Å². The first-order valence-electron chi connectivity index (χ1n) is 12.6. The minimum absolute atomic E-state index is 0.0725. The number of benzene rings is 2. The third kappa shape index (κ3) is 6.48. The van der Waals surface area contributed by atoms with Crippen LogP contribution < -0.4 is 11.0 Å². The van der Waals surface area contributed by atoms with Gasteiger partial charge in [0.1, 0.15) is 6.33 Å². The van der Waals surface area contributed by atoms with Crippen molar-refractivity contribution in [2.24, 2.45) is 0 Å². The number of ether oxygens (including phenoxy) is 2. The zero-order valence-electron chi connectivity index (χ0n) is 22.1. The van der Waals surface area contributed by atoms with E-state index >= 15 is 0 Å². The second-order valence-electron chi connectivity index (χ2n) is 10.1. The molecule has 0 unspecified atom stereocenters. The molecule has 0 amide bonds. The molecule has 0 aliphatic carbocycles. The summed E-state index contributed by atoms with van der Waals surface area (Å²) in [6, 6.07) is 10.3. The number of aromatic amines is 1. The lowest BCUT2D eigenvalue weighted by atomic mass is 9.75. The molecule has 222 valence electrons. The highest BCUT2D eigenvalue weighted by Gasteiger charge is 2.47. The van der Waals surface area contributed by atoms with Crippen LogP contribution >= 0.6 is 0 Å². The highest BCUT2D eigenvalue weighted by Crippen LogP contribution is 2.41. The molecule has 1 aromatic heterocycles. The van der Waals surface area contributed by atoms with Crippen molar-refractivity contribution in [1.29, 1.82) is 0 Å².